The van der Waals surface area contributed by atoms with Crippen LogP contribution in [0.15, 0.2) is 43.0 Å². The molecule has 1 spiro atoms. The first-order chi connectivity index (χ1) is 23.7. The molecule has 0 bridgehead atoms. The summed E-state index contributed by atoms with van der Waals surface area (Å²) in [7, 11) is 2.06. The Bertz CT molecular complexity index is 1650. The Morgan fingerprint density at radius 1 is 1.16 bits per heavy atom. The average molecular weight is 675 g/mol. The maximum Gasteiger partial charge on any atom is 0.257 e. The molecule has 262 valence electrons. The Hall–Kier alpha value is -4.16. The van der Waals surface area contributed by atoms with E-state index in [0.29, 0.717) is 18.1 Å². The van der Waals surface area contributed by atoms with E-state index in [4.69, 9.17) is 14.2 Å². The van der Waals surface area contributed by atoms with E-state index in [9.17, 15) is 9.18 Å². The number of aromatic nitrogens is 3. The number of benzene rings is 1. The molecule has 0 atom stereocenters. The molecule has 2 fully saturated rings. The largest absolute Gasteiger partial charge is 0.490 e. The Morgan fingerprint density at radius 2 is 1.98 bits per heavy atom. The molecule has 3 aliphatic heterocycles. The lowest BCUT2D eigenvalue weighted by Crippen LogP contribution is -2.65. The van der Waals surface area contributed by atoms with Gasteiger partial charge < -0.3 is 24.0 Å². The number of nitrogens with zero attached hydrogens (tertiary/aromatic N) is 7. The molecule has 49 heavy (non-hydrogen) atoms. The minimum absolute atomic E-state index is 0.0307. The number of pyridine rings is 1. The monoisotopic (exact) mass is 674 g/mol. The maximum atomic E-state index is 14.2. The summed E-state index contributed by atoms with van der Waals surface area (Å²) in [5.74, 6) is 1.60. The number of likely N-dealkylation sites (N-methyl/N-ethyl adjacent to an activating group) is 2. The van der Waals surface area contributed by atoms with E-state index in [0.717, 1.165) is 83.2 Å². The van der Waals surface area contributed by atoms with Crippen molar-refractivity contribution in [2.45, 2.75) is 65.6 Å². The molecular weight excluding hydrogens is 625 g/mol. The molecule has 0 unspecified atom stereocenters. The van der Waals surface area contributed by atoms with Crippen LogP contribution in [-0.2, 0) is 17.7 Å². The lowest BCUT2D eigenvalue weighted by molar-refractivity contribution is -0.504. The van der Waals surface area contributed by atoms with Gasteiger partial charge in [-0.15, -0.1) is 0 Å². The van der Waals surface area contributed by atoms with Crippen LogP contribution < -0.4 is 14.4 Å². The van der Waals surface area contributed by atoms with Gasteiger partial charge in [-0.2, -0.15) is 0 Å². The van der Waals surface area contributed by atoms with Gasteiger partial charge in [0.05, 0.1) is 11.8 Å². The summed E-state index contributed by atoms with van der Waals surface area (Å²) in [6.45, 7) is 15.8. The van der Waals surface area contributed by atoms with Crippen LogP contribution in [0.25, 0.3) is 0 Å². The second kappa shape index (κ2) is 15.2. The molecule has 1 aliphatic carbocycles. The summed E-state index contributed by atoms with van der Waals surface area (Å²) < 4.78 is 34.1. The fourth-order valence-electron chi connectivity index (χ4n) is 7.15. The highest BCUT2D eigenvalue weighted by molar-refractivity contribution is 5.97. The third-order valence-corrected chi connectivity index (χ3v) is 9.93. The lowest BCUT2D eigenvalue weighted by atomic mass is 9.61. The van der Waals surface area contributed by atoms with E-state index in [2.05, 4.69) is 43.3 Å². The second-order valence-electron chi connectivity index (χ2n) is 13.7. The van der Waals surface area contributed by atoms with Crippen LogP contribution >= 0.6 is 0 Å². The number of carbonyl (C=O) groups is 1. The van der Waals surface area contributed by atoms with Crippen molar-refractivity contribution in [1.82, 2.24) is 24.8 Å². The van der Waals surface area contributed by atoms with Crippen molar-refractivity contribution in [3.63, 3.8) is 0 Å². The molecule has 1 amide bonds. The van der Waals surface area contributed by atoms with E-state index in [1.54, 1.807) is 11.1 Å². The maximum absolute atomic E-state index is 14.2. The van der Waals surface area contributed by atoms with Crippen LogP contribution in [0.4, 0.5) is 10.2 Å². The Morgan fingerprint density at radius 3 is 2.65 bits per heavy atom. The van der Waals surface area contributed by atoms with E-state index >= 15 is 0 Å². The summed E-state index contributed by atoms with van der Waals surface area (Å²) in [6.07, 6.45) is 10.1. The molecule has 5 heterocycles. The molecule has 1 aromatic carbocycles. The van der Waals surface area contributed by atoms with Gasteiger partial charge in [0.25, 0.3) is 5.91 Å². The van der Waals surface area contributed by atoms with E-state index < -0.39 is 5.82 Å². The van der Waals surface area contributed by atoms with Crippen molar-refractivity contribution in [2.24, 2.45) is 5.41 Å². The number of fused-ring (bicyclic) bond motifs is 1. The third kappa shape index (κ3) is 7.86. The van der Waals surface area contributed by atoms with Crippen molar-refractivity contribution in [2.75, 3.05) is 64.4 Å². The summed E-state index contributed by atoms with van der Waals surface area (Å²) in [6, 6.07) is 6.01. The van der Waals surface area contributed by atoms with Gasteiger partial charge in [0.2, 0.25) is 0 Å². The van der Waals surface area contributed by atoms with Crippen molar-refractivity contribution < 1.29 is 28.0 Å². The highest BCUT2D eigenvalue weighted by atomic mass is 19.1. The number of amides is 1. The highest BCUT2D eigenvalue weighted by Crippen LogP contribution is 2.52. The normalized spacial score (nSPS) is 18.4. The average Bonchev–Trinajstić information content (AvgIpc) is 3.07. The van der Waals surface area contributed by atoms with Gasteiger partial charge in [0.15, 0.2) is 24.3 Å². The Labute approximate surface area is 288 Å². The molecule has 0 N–H and O–H groups in total. The molecule has 1 saturated heterocycles. The zero-order chi connectivity index (χ0) is 34.5. The number of carbonyl (C=O) groups excluding carboxylic acids is 1. The van der Waals surface area contributed by atoms with Crippen molar-refractivity contribution >= 4 is 17.9 Å². The van der Waals surface area contributed by atoms with Crippen molar-refractivity contribution in [1.29, 1.82) is 0 Å². The Balaban J connectivity index is 0.000000531. The number of ether oxygens (including phenoxy) is 3. The zero-order valence-electron chi connectivity index (χ0n) is 29.4. The van der Waals surface area contributed by atoms with Crippen molar-refractivity contribution in [3.8, 4) is 17.2 Å². The second-order valence-corrected chi connectivity index (χ2v) is 13.7. The number of anilines is 1. The van der Waals surface area contributed by atoms with Crippen molar-refractivity contribution in [3.05, 3.63) is 65.6 Å². The highest BCUT2D eigenvalue weighted by Gasteiger charge is 2.54. The van der Waals surface area contributed by atoms with E-state index in [-0.39, 0.29) is 34.8 Å². The third-order valence-electron chi connectivity index (χ3n) is 9.93. The summed E-state index contributed by atoms with van der Waals surface area (Å²) in [4.78, 5) is 32.9. The Kier molecular flexibility index (Phi) is 10.7. The molecule has 1 saturated carbocycles. The summed E-state index contributed by atoms with van der Waals surface area (Å²) >= 11 is 0. The summed E-state index contributed by atoms with van der Waals surface area (Å²) in [5.41, 5.74) is 2.76. The van der Waals surface area contributed by atoms with Crippen LogP contribution in [0, 0.1) is 11.2 Å². The molecule has 4 aliphatic rings. The van der Waals surface area contributed by atoms with Gasteiger partial charge in [-0.05, 0) is 64.4 Å². The first-order valence-corrected chi connectivity index (χ1v) is 17.5. The molecule has 3 aromatic rings. The number of rotatable bonds is 9. The summed E-state index contributed by atoms with van der Waals surface area (Å²) in [5, 5.41) is 0. The SMILES string of the molecule is CCN1CCc2nccc(OC3CC4(C3)CN(c3ncncc3Oc3ccc(F)cc3C(=O)N(CC)C(C)C)C4)c2C1.C[N+]1=CCOCC1. The molecule has 2 aromatic heterocycles. The number of hydrogen-bond acceptors (Lipinski definition) is 9. The van der Waals surface area contributed by atoms with Crippen LogP contribution in [0.1, 0.15) is 62.2 Å². The van der Waals surface area contributed by atoms with Gasteiger partial charge in [0.1, 0.15) is 50.0 Å². The minimum atomic E-state index is -0.489. The van der Waals surface area contributed by atoms with Gasteiger partial charge in [-0.1, -0.05) is 6.92 Å². The topological polar surface area (TPSA) is 96.2 Å². The standard InChI is InChI=1S/C32H39FN6O3.C5H10NO/c1-5-37-12-10-26-25(17-37)28(9-11-35-26)41-23-14-32(15-23)18-38(19-32)30-29(16-34-20-36-30)42-27-8-7-22(33)13-24(27)31(40)39(6-2)21(3)4;1-6-2-4-7-5-3-6/h7-9,11,13,16,20-21,23H,5-6,10,12,14-15,17-19H2,1-4H3;2H,3-5H2,1H3/q;+1. The van der Waals surface area contributed by atoms with Gasteiger partial charge >= 0.3 is 0 Å². The quantitative estimate of drug-likeness (QED) is 0.296. The minimum Gasteiger partial charge on any atom is -0.490 e. The van der Waals surface area contributed by atoms with Crippen LogP contribution in [-0.4, -0.2) is 113 Å². The fourth-order valence-corrected chi connectivity index (χ4v) is 7.15. The van der Waals surface area contributed by atoms with Crippen LogP contribution in [0.2, 0.25) is 0 Å². The number of hydrogen-bond donors (Lipinski definition) is 0. The molecule has 0 radical (unpaired) electrons. The molecular formula is C37H49FN7O4+. The first kappa shape index (κ1) is 34.7. The van der Waals surface area contributed by atoms with Gasteiger partial charge in [-0.3, -0.25) is 14.7 Å². The van der Waals surface area contributed by atoms with Gasteiger partial charge in [0, 0.05) is 68.1 Å². The predicted molar refractivity (Wildman–Crippen MR) is 185 cm³/mol. The van der Waals surface area contributed by atoms with Gasteiger partial charge in [-0.25, -0.2) is 18.9 Å². The fraction of sp³-hybridized carbons (Fsp3) is 0.541. The smallest absolute Gasteiger partial charge is 0.257 e. The number of halogens is 1. The zero-order valence-corrected chi connectivity index (χ0v) is 29.4. The van der Waals surface area contributed by atoms with E-state index in [1.807, 2.05) is 39.2 Å². The first-order valence-electron chi connectivity index (χ1n) is 17.5. The predicted octanol–water partition coefficient (Wildman–Crippen LogP) is 4.83. The van der Waals surface area contributed by atoms with Crippen LogP contribution in [0.3, 0.4) is 0 Å². The molecule has 7 rings (SSSR count). The van der Waals surface area contributed by atoms with Crippen LogP contribution in [0.5, 0.6) is 17.2 Å². The molecule has 12 heteroatoms. The van der Waals surface area contributed by atoms with E-state index in [1.165, 1.54) is 30.1 Å². The molecule has 11 nitrogen and oxygen atoms in total. The lowest BCUT2D eigenvalue weighted by Gasteiger charge is -2.59.